The lowest BCUT2D eigenvalue weighted by atomic mass is 10.0. The molecule has 0 saturated carbocycles. The van der Waals surface area contributed by atoms with Gasteiger partial charge in [0.05, 0.1) is 5.69 Å². The van der Waals surface area contributed by atoms with Crippen LogP contribution in [0.2, 0.25) is 0 Å². The lowest BCUT2D eigenvalue weighted by Gasteiger charge is -2.12. The Morgan fingerprint density at radius 1 is 1.00 bits per heavy atom. The van der Waals surface area contributed by atoms with Crippen LogP contribution in [-0.2, 0) is 6.42 Å². The molecule has 0 aliphatic heterocycles. The molecule has 100 valence electrons. The van der Waals surface area contributed by atoms with Crippen LogP contribution in [0, 0.1) is 0 Å². The van der Waals surface area contributed by atoms with Crippen LogP contribution in [0.3, 0.4) is 0 Å². The van der Waals surface area contributed by atoms with Gasteiger partial charge >= 0.3 is 0 Å². The van der Waals surface area contributed by atoms with Crippen LogP contribution in [0.1, 0.15) is 11.1 Å². The molecule has 1 N–H and O–H groups in total. The fraction of sp³-hybridized carbons (Fsp3) is 0.118. The van der Waals surface area contributed by atoms with Crippen LogP contribution in [-0.4, -0.2) is 16.6 Å². The number of para-hydroxylation sites is 1. The lowest BCUT2D eigenvalue weighted by Crippen LogP contribution is -2.04. The first-order valence-electron chi connectivity index (χ1n) is 6.72. The Bertz CT molecular complexity index is 686. The summed E-state index contributed by atoms with van der Waals surface area (Å²) in [5, 5.41) is 3.12. The average Bonchev–Trinajstić information content (AvgIpc) is 2.97. The number of imidazole rings is 1. The minimum absolute atomic E-state index is 0.852. The van der Waals surface area contributed by atoms with E-state index in [2.05, 4.69) is 63.4 Å². The van der Waals surface area contributed by atoms with Crippen LogP contribution in [0.15, 0.2) is 67.0 Å². The van der Waals surface area contributed by atoms with E-state index in [4.69, 9.17) is 0 Å². The first-order chi connectivity index (χ1) is 9.88. The summed E-state index contributed by atoms with van der Waals surface area (Å²) < 4.78 is 2.08. The highest BCUT2D eigenvalue weighted by molar-refractivity contribution is 5.48. The predicted octanol–water partition coefficient (Wildman–Crippen LogP) is 3.50. The number of hydrogen-bond acceptors (Lipinski definition) is 2. The van der Waals surface area contributed by atoms with Crippen molar-refractivity contribution in [2.24, 2.45) is 0 Å². The van der Waals surface area contributed by atoms with Gasteiger partial charge in [0, 0.05) is 19.4 Å². The number of rotatable bonds is 4. The largest absolute Gasteiger partial charge is 0.358 e. The zero-order valence-electron chi connectivity index (χ0n) is 11.5. The van der Waals surface area contributed by atoms with Gasteiger partial charge in [0.25, 0.3) is 0 Å². The summed E-state index contributed by atoms with van der Waals surface area (Å²) in [7, 11) is 1.89. The maximum absolute atomic E-state index is 4.31. The first-order valence-corrected chi connectivity index (χ1v) is 6.72. The molecule has 0 fully saturated rings. The molecule has 1 aromatic heterocycles. The number of nitrogens with zero attached hydrogens (tertiary/aromatic N) is 2. The third-order valence-corrected chi connectivity index (χ3v) is 3.35. The van der Waals surface area contributed by atoms with E-state index in [9.17, 15) is 0 Å². The molecule has 0 spiro atoms. The second-order valence-corrected chi connectivity index (χ2v) is 4.66. The highest BCUT2D eigenvalue weighted by atomic mass is 15.2. The fourth-order valence-electron chi connectivity index (χ4n) is 2.39. The van der Waals surface area contributed by atoms with E-state index >= 15 is 0 Å². The molecule has 3 rings (SSSR count). The van der Waals surface area contributed by atoms with Crippen molar-refractivity contribution in [2.75, 3.05) is 12.4 Å². The van der Waals surface area contributed by atoms with Crippen molar-refractivity contribution in [2.45, 2.75) is 6.42 Å². The summed E-state index contributed by atoms with van der Waals surface area (Å²) in [5.74, 6) is 0.852. The van der Waals surface area contributed by atoms with Gasteiger partial charge in [0.1, 0.15) is 0 Å². The van der Waals surface area contributed by atoms with Crippen LogP contribution in [0.5, 0.6) is 0 Å². The molecule has 3 aromatic rings. The topological polar surface area (TPSA) is 29.9 Å². The third kappa shape index (κ3) is 2.43. The van der Waals surface area contributed by atoms with Gasteiger partial charge < -0.3 is 5.32 Å². The predicted molar refractivity (Wildman–Crippen MR) is 82.4 cm³/mol. The molecule has 0 amide bonds. The van der Waals surface area contributed by atoms with E-state index in [0.29, 0.717) is 0 Å². The van der Waals surface area contributed by atoms with Crippen molar-refractivity contribution in [1.82, 2.24) is 9.55 Å². The van der Waals surface area contributed by atoms with E-state index in [0.717, 1.165) is 12.4 Å². The molecule has 20 heavy (non-hydrogen) atoms. The molecular weight excluding hydrogens is 246 g/mol. The molecule has 2 aromatic carbocycles. The summed E-state index contributed by atoms with van der Waals surface area (Å²) in [5.41, 5.74) is 3.76. The molecular formula is C17H17N3. The molecule has 3 nitrogen and oxygen atoms in total. The molecule has 3 heteroatoms. The molecule has 0 bridgehead atoms. The Labute approximate surface area is 118 Å². The van der Waals surface area contributed by atoms with E-state index in [1.165, 1.54) is 16.8 Å². The van der Waals surface area contributed by atoms with Crippen LogP contribution in [0.25, 0.3) is 5.69 Å². The fourth-order valence-corrected chi connectivity index (χ4v) is 2.39. The SMILES string of the molecule is CNc1nccn1-c1ccccc1Cc1ccccc1. The van der Waals surface area contributed by atoms with Gasteiger partial charge in [-0.25, -0.2) is 4.98 Å². The van der Waals surface area contributed by atoms with Crippen molar-refractivity contribution >= 4 is 5.95 Å². The smallest absolute Gasteiger partial charge is 0.207 e. The van der Waals surface area contributed by atoms with Gasteiger partial charge in [-0.1, -0.05) is 48.5 Å². The monoisotopic (exact) mass is 263 g/mol. The molecule has 0 aliphatic carbocycles. The zero-order valence-corrected chi connectivity index (χ0v) is 11.5. The number of aromatic nitrogens is 2. The number of hydrogen-bond donors (Lipinski definition) is 1. The van der Waals surface area contributed by atoms with E-state index < -0.39 is 0 Å². The van der Waals surface area contributed by atoms with Gasteiger partial charge in [0.15, 0.2) is 0 Å². The normalized spacial score (nSPS) is 10.4. The van der Waals surface area contributed by atoms with Gasteiger partial charge in [-0.05, 0) is 23.6 Å². The Morgan fingerprint density at radius 2 is 1.75 bits per heavy atom. The average molecular weight is 263 g/mol. The Morgan fingerprint density at radius 3 is 2.55 bits per heavy atom. The van der Waals surface area contributed by atoms with Gasteiger partial charge in [0.2, 0.25) is 5.95 Å². The van der Waals surface area contributed by atoms with Crippen molar-refractivity contribution in [1.29, 1.82) is 0 Å². The summed E-state index contributed by atoms with van der Waals surface area (Å²) in [6, 6.07) is 18.9. The van der Waals surface area contributed by atoms with Crippen molar-refractivity contribution < 1.29 is 0 Å². The minimum Gasteiger partial charge on any atom is -0.358 e. The number of anilines is 1. The zero-order chi connectivity index (χ0) is 13.8. The van der Waals surface area contributed by atoms with Crippen LogP contribution in [0.4, 0.5) is 5.95 Å². The highest BCUT2D eigenvalue weighted by Crippen LogP contribution is 2.21. The maximum Gasteiger partial charge on any atom is 0.207 e. The van der Waals surface area contributed by atoms with Gasteiger partial charge in [-0.3, -0.25) is 4.57 Å². The minimum atomic E-state index is 0.852. The van der Waals surface area contributed by atoms with Crippen LogP contribution >= 0.6 is 0 Å². The summed E-state index contributed by atoms with van der Waals surface area (Å²) in [6.45, 7) is 0. The second-order valence-electron chi connectivity index (χ2n) is 4.66. The molecule has 0 radical (unpaired) electrons. The third-order valence-electron chi connectivity index (χ3n) is 3.35. The molecule has 0 unspecified atom stereocenters. The van der Waals surface area contributed by atoms with Crippen molar-refractivity contribution in [3.63, 3.8) is 0 Å². The Hall–Kier alpha value is -2.55. The van der Waals surface area contributed by atoms with Gasteiger partial charge in [-0.15, -0.1) is 0 Å². The quantitative estimate of drug-likeness (QED) is 0.780. The summed E-state index contributed by atoms with van der Waals surface area (Å²) in [6.07, 6.45) is 4.71. The maximum atomic E-state index is 4.31. The number of benzene rings is 2. The molecule has 0 saturated heterocycles. The van der Waals surface area contributed by atoms with Crippen LogP contribution < -0.4 is 5.32 Å². The van der Waals surface area contributed by atoms with Crippen molar-refractivity contribution in [3.8, 4) is 5.69 Å². The molecule has 1 heterocycles. The van der Waals surface area contributed by atoms with Crippen molar-refractivity contribution in [3.05, 3.63) is 78.1 Å². The van der Waals surface area contributed by atoms with Gasteiger partial charge in [-0.2, -0.15) is 0 Å². The summed E-state index contributed by atoms with van der Waals surface area (Å²) in [4.78, 5) is 4.31. The number of nitrogens with one attached hydrogen (secondary N) is 1. The standard InChI is InChI=1S/C17H17N3/c1-18-17-19-11-12-20(17)16-10-6-5-9-15(16)13-14-7-3-2-4-8-14/h2-12H,13H2,1H3,(H,18,19). The molecule has 0 atom stereocenters. The Balaban J connectivity index is 2.01. The van der Waals surface area contributed by atoms with E-state index in [1.54, 1.807) is 0 Å². The lowest BCUT2D eigenvalue weighted by molar-refractivity contribution is 1.02. The first kappa shape index (κ1) is 12.5. The second kappa shape index (κ2) is 5.61. The molecule has 0 aliphatic rings. The highest BCUT2D eigenvalue weighted by Gasteiger charge is 2.08. The van der Waals surface area contributed by atoms with E-state index in [1.807, 2.05) is 25.5 Å². The summed E-state index contributed by atoms with van der Waals surface area (Å²) >= 11 is 0. The van der Waals surface area contributed by atoms with E-state index in [-0.39, 0.29) is 0 Å². The Kier molecular flexibility index (Phi) is 3.50.